The van der Waals surface area contributed by atoms with Gasteiger partial charge in [0, 0.05) is 23.0 Å². The lowest BCUT2D eigenvalue weighted by Crippen LogP contribution is -2.32. The van der Waals surface area contributed by atoms with Crippen LogP contribution in [0, 0.1) is 5.82 Å². The zero-order valence-electron chi connectivity index (χ0n) is 17.9. The maximum absolute atomic E-state index is 13.3. The lowest BCUT2D eigenvalue weighted by atomic mass is 10.2. The molecular weight excluding hydrogens is 457 g/mol. The minimum Gasteiger partial charge on any atom is -0.417 e. The summed E-state index contributed by atoms with van der Waals surface area (Å²) in [4.78, 5) is 29.6. The van der Waals surface area contributed by atoms with Crippen molar-refractivity contribution in [2.24, 2.45) is 4.99 Å². The average molecular weight is 478 g/mol. The number of nitrogens with zero attached hydrogens (tertiary/aromatic N) is 4. The van der Waals surface area contributed by atoms with E-state index in [2.05, 4.69) is 35.9 Å². The fourth-order valence-corrected chi connectivity index (χ4v) is 4.40. The molecule has 1 unspecified atom stereocenters. The van der Waals surface area contributed by atoms with E-state index in [1.165, 1.54) is 36.3 Å². The molecule has 0 saturated carbocycles. The number of oxazole rings is 1. The van der Waals surface area contributed by atoms with Crippen LogP contribution in [0.15, 0.2) is 70.3 Å². The minimum atomic E-state index is -0.459. The number of aliphatic imine (C=N–C) groups is 1. The standard InChI is InChI=1S/C23H20FN7O2S/c24-15-7-4-8-16(11-15)29-22(32)31-23-26-12-17(34-23)9-10-25-19-18-21(28-13-27-19)33-20(30-18)14-5-2-1-3-6-14/h1-8,11,13,17H,9-10,12H2,(H,25,27,28)(H2,26,29,31,32). The van der Waals surface area contributed by atoms with Gasteiger partial charge in [-0.25, -0.2) is 19.2 Å². The van der Waals surface area contributed by atoms with Crippen molar-refractivity contribution in [3.8, 4) is 11.5 Å². The molecule has 4 aromatic rings. The number of hydrogen-bond donors (Lipinski definition) is 3. The van der Waals surface area contributed by atoms with Crippen molar-refractivity contribution in [1.82, 2.24) is 20.3 Å². The van der Waals surface area contributed by atoms with E-state index in [-0.39, 0.29) is 5.25 Å². The number of hydrogen-bond acceptors (Lipinski definition) is 8. The van der Waals surface area contributed by atoms with E-state index in [0.717, 1.165) is 12.0 Å². The quantitative estimate of drug-likeness (QED) is 0.374. The Balaban J connectivity index is 1.12. The third-order valence-electron chi connectivity index (χ3n) is 4.99. The van der Waals surface area contributed by atoms with E-state index in [4.69, 9.17) is 4.42 Å². The number of rotatable bonds is 6. The van der Waals surface area contributed by atoms with Crippen molar-refractivity contribution in [1.29, 1.82) is 0 Å². The van der Waals surface area contributed by atoms with E-state index >= 15 is 0 Å². The largest absolute Gasteiger partial charge is 0.417 e. The summed E-state index contributed by atoms with van der Waals surface area (Å²) in [5.74, 6) is 0.680. The van der Waals surface area contributed by atoms with Crippen molar-refractivity contribution >= 4 is 45.7 Å². The highest BCUT2D eigenvalue weighted by molar-refractivity contribution is 8.14. The van der Waals surface area contributed by atoms with Crippen LogP contribution in [0.4, 0.5) is 20.7 Å². The molecule has 3 heterocycles. The summed E-state index contributed by atoms with van der Waals surface area (Å²) in [6.45, 7) is 1.22. The maximum Gasteiger partial charge on any atom is 0.325 e. The highest BCUT2D eigenvalue weighted by Gasteiger charge is 2.21. The molecule has 1 aliphatic heterocycles. The van der Waals surface area contributed by atoms with Crippen LogP contribution in [0.5, 0.6) is 0 Å². The molecule has 11 heteroatoms. The number of halogens is 1. The second-order valence-electron chi connectivity index (χ2n) is 7.45. The van der Waals surface area contributed by atoms with E-state index < -0.39 is 11.8 Å². The Morgan fingerprint density at radius 3 is 2.85 bits per heavy atom. The first-order chi connectivity index (χ1) is 16.6. The molecule has 9 nitrogen and oxygen atoms in total. The molecule has 2 amide bonds. The number of carbonyl (C=O) groups excluding carboxylic acids is 1. The van der Waals surface area contributed by atoms with Gasteiger partial charge in [0.25, 0.3) is 5.71 Å². The average Bonchev–Trinajstić information content (AvgIpc) is 3.47. The van der Waals surface area contributed by atoms with Crippen molar-refractivity contribution in [3.05, 3.63) is 66.7 Å². The van der Waals surface area contributed by atoms with Crippen LogP contribution < -0.4 is 16.0 Å². The molecular formula is C23H20FN7O2S. The van der Waals surface area contributed by atoms with Crippen LogP contribution in [0.1, 0.15) is 6.42 Å². The number of benzene rings is 2. The van der Waals surface area contributed by atoms with Gasteiger partial charge in [0.1, 0.15) is 12.1 Å². The van der Waals surface area contributed by atoms with Crippen LogP contribution in [-0.4, -0.2) is 44.5 Å². The predicted molar refractivity (Wildman–Crippen MR) is 130 cm³/mol. The summed E-state index contributed by atoms with van der Waals surface area (Å²) in [6, 6.07) is 14.9. The molecule has 0 saturated heterocycles. The second kappa shape index (κ2) is 9.87. The number of urea groups is 1. The highest BCUT2D eigenvalue weighted by atomic mass is 32.2. The summed E-state index contributed by atoms with van der Waals surface area (Å²) in [6.07, 6.45) is 2.23. The van der Waals surface area contributed by atoms with Crippen molar-refractivity contribution in [2.75, 3.05) is 23.7 Å². The Morgan fingerprint density at radius 2 is 2.00 bits per heavy atom. The van der Waals surface area contributed by atoms with Gasteiger partial charge in [0.05, 0.1) is 6.54 Å². The van der Waals surface area contributed by atoms with Gasteiger partial charge in [-0.2, -0.15) is 4.98 Å². The third-order valence-corrected chi connectivity index (χ3v) is 6.17. The van der Waals surface area contributed by atoms with Crippen molar-refractivity contribution < 1.29 is 13.6 Å². The van der Waals surface area contributed by atoms with Gasteiger partial charge in [-0.3, -0.25) is 10.3 Å². The van der Waals surface area contributed by atoms with Crippen LogP contribution >= 0.6 is 11.8 Å². The summed E-state index contributed by atoms with van der Waals surface area (Å²) >= 11 is 1.49. The molecule has 3 N–H and O–H groups in total. The van der Waals surface area contributed by atoms with E-state index in [1.807, 2.05) is 30.3 Å². The number of amides is 2. The van der Waals surface area contributed by atoms with Gasteiger partial charge in [0.2, 0.25) is 5.89 Å². The molecule has 2 aromatic carbocycles. The molecule has 172 valence electrons. The van der Waals surface area contributed by atoms with E-state index in [1.54, 1.807) is 6.07 Å². The lowest BCUT2D eigenvalue weighted by molar-refractivity contribution is 0.256. The molecule has 1 aliphatic rings. The fourth-order valence-electron chi connectivity index (χ4n) is 3.40. The molecule has 34 heavy (non-hydrogen) atoms. The molecule has 2 aromatic heterocycles. The van der Waals surface area contributed by atoms with Gasteiger partial charge >= 0.3 is 6.03 Å². The van der Waals surface area contributed by atoms with E-state index in [9.17, 15) is 9.18 Å². The van der Waals surface area contributed by atoms with Gasteiger partial charge in [-0.05, 0) is 36.8 Å². The smallest absolute Gasteiger partial charge is 0.325 e. The molecule has 0 fully saturated rings. The van der Waals surface area contributed by atoms with Crippen LogP contribution in [0.3, 0.4) is 0 Å². The highest BCUT2D eigenvalue weighted by Crippen LogP contribution is 2.27. The van der Waals surface area contributed by atoms with Crippen LogP contribution in [0.25, 0.3) is 22.7 Å². The number of aromatic nitrogens is 3. The Hall–Kier alpha value is -3.99. The first-order valence-corrected chi connectivity index (χ1v) is 11.5. The summed E-state index contributed by atoms with van der Waals surface area (Å²) in [7, 11) is 0. The Bertz CT molecular complexity index is 1350. The summed E-state index contributed by atoms with van der Waals surface area (Å²) in [5.41, 5.74) is 2.24. The van der Waals surface area contributed by atoms with Crippen LogP contribution in [-0.2, 0) is 0 Å². The van der Waals surface area contributed by atoms with E-state index in [0.29, 0.717) is 46.9 Å². The molecule has 0 spiro atoms. The zero-order valence-corrected chi connectivity index (χ0v) is 18.7. The number of nitrogens with one attached hydrogen (secondary N) is 3. The number of thioether (sulfide) groups is 1. The first-order valence-electron chi connectivity index (χ1n) is 10.6. The molecule has 0 radical (unpaired) electrons. The Labute approximate surface area is 198 Å². The second-order valence-corrected chi connectivity index (χ2v) is 8.74. The Kier molecular flexibility index (Phi) is 6.34. The molecule has 5 rings (SSSR count). The fraction of sp³-hybridized carbons (Fsp3) is 0.174. The molecule has 1 atom stereocenters. The Morgan fingerprint density at radius 1 is 1.12 bits per heavy atom. The third kappa shape index (κ3) is 5.15. The van der Waals surface area contributed by atoms with Gasteiger partial charge in [-0.15, -0.1) is 0 Å². The van der Waals surface area contributed by atoms with Crippen molar-refractivity contribution in [2.45, 2.75) is 11.7 Å². The first kappa shape index (κ1) is 21.8. The van der Waals surface area contributed by atoms with Gasteiger partial charge in [-0.1, -0.05) is 36.0 Å². The summed E-state index contributed by atoms with van der Waals surface area (Å²) < 4.78 is 19.0. The topological polar surface area (TPSA) is 117 Å². The minimum absolute atomic E-state index is 0.200. The number of carbonyl (C=O) groups is 1. The zero-order chi connectivity index (χ0) is 23.3. The molecule has 0 aliphatic carbocycles. The molecule has 0 bridgehead atoms. The van der Waals surface area contributed by atoms with Gasteiger partial charge in [0.15, 0.2) is 16.5 Å². The van der Waals surface area contributed by atoms with Crippen LogP contribution in [0.2, 0.25) is 0 Å². The monoisotopic (exact) mass is 477 g/mol. The van der Waals surface area contributed by atoms with Crippen molar-refractivity contribution in [3.63, 3.8) is 0 Å². The number of anilines is 2. The lowest BCUT2D eigenvalue weighted by Gasteiger charge is -2.10. The summed E-state index contributed by atoms with van der Waals surface area (Å²) in [5, 5.41) is 9.33. The maximum atomic E-state index is 13.3. The number of fused-ring (bicyclic) bond motifs is 1. The normalized spacial score (nSPS) is 15.2. The predicted octanol–water partition coefficient (Wildman–Crippen LogP) is 4.52. The van der Waals surface area contributed by atoms with Gasteiger partial charge < -0.3 is 15.1 Å². The SMILES string of the molecule is O=C(NC1=NCC(CCNc2ncnc3oc(-c4ccccc4)nc23)S1)Nc1cccc(F)c1. The number of amidine groups is 1.